The molecule has 0 aromatic rings. The lowest BCUT2D eigenvalue weighted by Gasteiger charge is -2.37. The van der Waals surface area contributed by atoms with Gasteiger partial charge in [-0.05, 0) is 0 Å². The molecule has 0 aliphatic carbocycles. The molecule has 6 nitrogen and oxygen atoms in total. The van der Waals surface area contributed by atoms with Crippen molar-refractivity contribution in [3.05, 3.63) is 0 Å². The Hall–Kier alpha value is -0.690. The van der Waals surface area contributed by atoms with E-state index in [0.29, 0.717) is 6.54 Å². The Bertz CT molecular complexity index is 212. The van der Waals surface area contributed by atoms with E-state index in [4.69, 9.17) is 5.11 Å². The summed E-state index contributed by atoms with van der Waals surface area (Å²) in [6.07, 6.45) is -2.76. The first-order chi connectivity index (χ1) is 6.56. The van der Waals surface area contributed by atoms with E-state index in [1.54, 1.807) is 0 Å². The van der Waals surface area contributed by atoms with Crippen LogP contribution in [0.15, 0.2) is 0 Å². The molecule has 0 unspecified atom stereocenters. The summed E-state index contributed by atoms with van der Waals surface area (Å²) in [6.45, 7) is 1.50. The van der Waals surface area contributed by atoms with Crippen molar-refractivity contribution in [2.45, 2.75) is 25.3 Å². The van der Waals surface area contributed by atoms with E-state index in [9.17, 15) is 15.0 Å². The van der Waals surface area contributed by atoms with Crippen molar-refractivity contribution in [1.29, 1.82) is 0 Å². The van der Waals surface area contributed by atoms with Crippen LogP contribution >= 0.6 is 0 Å². The van der Waals surface area contributed by atoms with E-state index in [1.807, 2.05) is 0 Å². The predicted molar refractivity (Wildman–Crippen MR) is 48.2 cm³/mol. The van der Waals surface area contributed by atoms with Gasteiger partial charge < -0.3 is 20.6 Å². The first kappa shape index (κ1) is 11.4. The molecule has 0 radical (unpaired) electrons. The second-order valence-corrected chi connectivity index (χ2v) is 3.51. The minimum Gasteiger partial charge on any atom is -0.396 e. The predicted octanol–water partition coefficient (Wildman–Crippen LogP) is -2.62. The Labute approximate surface area is 81.9 Å². The molecule has 82 valence electrons. The highest BCUT2D eigenvalue weighted by molar-refractivity contribution is 5.73. The second-order valence-electron chi connectivity index (χ2n) is 3.51. The highest BCUT2D eigenvalue weighted by atomic mass is 16.3. The zero-order valence-electron chi connectivity index (χ0n) is 7.97. The number of hydrogen-bond donors (Lipinski definition) is 5. The number of aliphatic hydroxyl groups excluding tert-OH is 3. The van der Waals surface area contributed by atoms with E-state index in [2.05, 4.69) is 10.6 Å². The van der Waals surface area contributed by atoms with Crippen molar-refractivity contribution in [2.75, 3.05) is 13.2 Å². The van der Waals surface area contributed by atoms with Crippen LogP contribution in [0.3, 0.4) is 0 Å². The van der Waals surface area contributed by atoms with E-state index in [0.717, 1.165) is 0 Å². The molecule has 1 rings (SSSR count). The van der Waals surface area contributed by atoms with Crippen molar-refractivity contribution in [2.24, 2.45) is 5.92 Å². The largest absolute Gasteiger partial charge is 0.396 e. The first-order valence-electron chi connectivity index (χ1n) is 4.53. The Morgan fingerprint density at radius 3 is 2.64 bits per heavy atom. The van der Waals surface area contributed by atoms with Gasteiger partial charge in [0.05, 0.1) is 6.10 Å². The van der Waals surface area contributed by atoms with Gasteiger partial charge >= 0.3 is 0 Å². The molecule has 1 heterocycles. The molecule has 1 amide bonds. The van der Waals surface area contributed by atoms with Crippen molar-refractivity contribution in [3.63, 3.8) is 0 Å². The Morgan fingerprint density at radius 2 is 2.14 bits per heavy atom. The molecule has 0 aromatic heterocycles. The maximum atomic E-state index is 10.7. The third-order valence-corrected chi connectivity index (χ3v) is 2.37. The van der Waals surface area contributed by atoms with E-state index in [-0.39, 0.29) is 12.5 Å². The van der Waals surface area contributed by atoms with Gasteiger partial charge in [0.2, 0.25) is 5.91 Å². The van der Waals surface area contributed by atoms with Crippen LogP contribution in [0.2, 0.25) is 0 Å². The zero-order valence-corrected chi connectivity index (χ0v) is 7.97. The molecule has 4 atom stereocenters. The molecular formula is C8H16N2O4. The van der Waals surface area contributed by atoms with Crippen LogP contribution in [0, 0.1) is 5.92 Å². The number of nitrogens with one attached hydrogen (secondary N) is 2. The summed E-state index contributed by atoms with van der Waals surface area (Å²) in [7, 11) is 0. The van der Waals surface area contributed by atoms with Crippen LogP contribution in [0.5, 0.6) is 0 Å². The summed E-state index contributed by atoms with van der Waals surface area (Å²) in [5.74, 6) is -0.675. The van der Waals surface area contributed by atoms with Crippen LogP contribution in [-0.2, 0) is 4.79 Å². The number of hydrogen-bond acceptors (Lipinski definition) is 5. The van der Waals surface area contributed by atoms with Crippen LogP contribution in [0.25, 0.3) is 0 Å². The lowest BCUT2D eigenvalue weighted by molar-refractivity contribution is -0.124. The molecule has 5 N–H and O–H groups in total. The number of aliphatic hydroxyl groups is 3. The van der Waals surface area contributed by atoms with E-state index in [1.165, 1.54) is 6.92 Å². The first-order valence-corrected chi connectivity index (χ1v) is 4.53. The maximum Gasteiger partial charge on any atom is 0.218 e. The van der Waals surface area contributed by atoms with Gasteiger partial charge in [0.15, 0.2) is 0 Å². The zero-order chi connectivity index (χ0) is 10.7. The van der Waals surface area contributed by atoms with Crippen molar-refractivity contribution >= 4 is 5.91 Å². The average Bonchev–Trinajstić information content (AvgIpc) is 2.13. The van der Waals surface area contributed by atoms with Crippen molar-refractivity contribution in [3.8, 4) is 0 Å². The molecule has 14 heavy (non-hydrogen) atoms. The van der Waals surface area contributed by atoms with E-state index >= 15 is 0 Å². The molecule has 0 spiro atoms. The Kier molecular flexibility index (Phi) is 3.82. The molecule has 6 heteroatoms. The number of carbonyl (C=O) groups is 1. The van der Waals surface area contributed by atoms with Gasteiger partial charge in [-0.25, -0.2) is 0 Å². The normalized spacial score (nSPS) is 38.0. The molecular weight excluding hydrogens is 188 g/mol. The van der Waals surface area contributed by atoms with Gasteiger partial charge in [-0.15, -0.1) is 0 Å². The van der Waals surface area contributed by atoms with Gasteiger partial charge in [0, 0.05) is 26.0 Å². The van der Waals surface area contributed by atoms with Gasteiger partial charge in [0.25, 0.3) is 0 Å². The summed E-state index contributed by atoms with van der Waals surface area (Å²) in [6, 6.07) is 0. The number of rotatable bonds is 2. The minimum absolute atomic E-state index is 0.196. The molecule has 1 aliphatic rings. The Balaban J connectivity index is 2.54. The summed E-state index contributed by atoms with van der Waals surface area (Å²) in [5, 5.41) is 33.2. The molecule has 0 aromatic carbocycles. The highest BCUT2D eigenvalue weighted by Gasteiger charge is 2.36. The summed E-state index contributed by atoms with van der Waals surface area (Å²) in [4.78, 5) is 10.7. The second kappa shape index (κ2) is 4.70. The average molecular weight is 204 g/mol. The van der Waals surface area contributed by atoms with E-state index < -0.39 is 24.3 Å². The van der Waals surface area contributed by atoms with Gasteiger partial charge in [-0.3, -0.25) is 10.1 Å². The molecule has 1 aliphatic heterocycles. The lowest BCUT2D eigenvalue weighted by atomic mass is 9.92. The Morgan fingerprint density at radius 1 is 1.50 bits per heavy atom. The lowest BCUT2D eigenvalue weighted by Crippen LogP contribution is -2.64. The third-order valence-electron chi connectivity index (χ3n) is 2.37. The van der Waals surface area contributed by atoms with Crippen LogP contribution in [0.1, 0.15) is 6.92 Å². The quantitative estimate of drug-likeness (QED) is 0.339. The fourth-order valence-electron chi connectivity index (χ4n) is 1.52. The van der Waals surface area contributed by atoms with Crippen LogP contribution in [-0.4, -0.2) is 52.8 Å². The third kappa shape index (κ3) is 2.42. The van der Waals surface area contributed by atoms with Gasteiger partial charge in [0.1, 0.15) is 12.3 Å². The molecule has 1 fully saturated rings. The maximum absolute atomic E-state index is 10.7. The summed E-state index contributed by atoms with van der Waals surface area (Å²) in [5.41, 5.74) is 0. The van der Waals surface area contributed by atoms with Crippen molar-refractivity contribution < 1.29 is 20.1 Å². The fraction of sp³-hybridized carbons (Fsp3) is 0.875. The topological polar surface area (TPSA) is 102 Å². The monoisotopic (exact) mass is 204 g/mol. The SMILES string of the molecule is CC(=O)N[C@H]1NC[C@H](CO)[C@@H](O)[C@@H]1O. The fourth-order valence-corrected chi connectivity index (χ4v) is 1.52. The van der Waals surface area contributed by atoms with Crippen molar-refractivity contribution in [1.82, 2.24) is 10.6 Å². The molecule has 1 saturated heterocycles. The number of carbonyl (C=O) groups excluding carboxylic acids is 1. The van der Waals surface area contributed by atoms with Gasteiger partial charge in [-0.1, -0.05) is 0 Å². The standard InChI is InChI=1S/C8H16N2O4/c1-4(12)10-8-7(14)6(13)5(3-11)2-9-8/h5-9,11,13-14H,2-3H2,1H3,(H,10,12)/t5-,6-,7+,8-/m1/s1. The smallest absolute Gasteiger partial charge is 0.218 e. The molecule has 0 bridgehead atoms. The van der Waals surface area contributed by atoms with Crippen LogP contribution in [0.4, 0.5) is 0 Å². The van der Waals surface area contributed by atoms with Crippen LogP contribution < -0.4 is 10.6 Å². The highest BCUT2D eigenvalue weighted by Crippen LogP contribution is 2.14. The number of amides is 1. The molecule has 0 saturated carbocycles. The summed E-state index contributed by atoms with van der Waals surface area (Å²) < 4.78 is 0. The van der Waals surface area contributed by atoms with Gasteiger partial charge in [-0.2, -0.15) is 0 Å². The number of piperidine rings is 1. The summed E-state index contributed by atoms with van der Waals surface area (Å²) >= 11 is 0. The minimum atomic E-state index is -1.09.